The van der Waals surface area contributed by atoms with Gasteiger partial charge in [-0.05, 0) is 19.8 Å². The maximum atomic E-state index is 16.3. The van der Waals surface area contributed by atoms with Crippen LogP contribution in [0.5, 0.6) is 0 Å². The van der Waals surface area contributed by atoms with Gasteiger partial charge in [-0.2, -0.15) is 10.4 Å². The number of carbonyl (C=O) groups is 1. The van der Waals surface area contributed by atoms with E-state index in [0.29, 0.717) is 11.3 Å². The number of rotatable bonds is 6. The van der Waals surface area contributed by atoms with E-state index < -0.39 is 44.1 Å². The zero-order valence-corrected chi connectivity index (χ0v) is 19.3. The Morgan fingerprint density at radius 1 is 1.48 bits per heavy atom. The van der Waals surface area contributed by atoms with Crippen molar-refractivity contribution in [1.82, 2.24) is 19.6 Å². The summed E-state index contributed by atoms with van der Waals surface area (Å²) >= 11 is 0. The Labute approximate surface area is 188 Å². The van der Waals surface area contributed by atoms with E-state index in [-0.39, 0.29) is 24.6 Å². The van der Waals surface area contributed by atoms with Gasteiger partial charge in [-0.3, -0.25) is 13.8 Å². The number of phosphoric acid groups is 1. The first-order valence-corrected chi connectivity index (χ1v) is 11.7. The lowest BCUT2D eigenvalue weighted by atomic mass is 9.82. The molecule has 2 aromatic rings. The SMILES string of the molecule is Cc1ncnn2c([C@]3(C#N)O[C@@H]4COP(=O)(OCOC(=O)CC(C)C)O[C@H]4[C@@]3(C)F)cnc12. The summed E-state index contributed by atoms with van der Waals surface area (Å²) in [7, 11) is -4.31. The molecule has 33 heavy (non-hydrogen) atoms. The van der Waals surface area contributed by atoms with Crippen LogP contribution in [0.2, 0.25) is 0 Å². The number of hydrogen-bond acceptors (Lipinski definition) is 11. The molecule has 2 aliphatic rings. The molecule has 0 amide bonds. The highest BCUT2D eigenvalue weighted by atomic mass is 31.2. The summed E-state index contributed by atoms with van der Waals surface area (Å²) in [5.41, 5.74) is -3.86. The van der Waals surface area contributed by atoms with Gasteiger partial charge in [0.25, 0.3) is 0 Å². The van der Waals surface area contributed by atoms with Crippen LogP contribution in [0.4, 0.5) is 4.39 Å². The summed E-state index contributed by atoms with van der Waals surface area (Å²) < 4.78 is 56.8. The van der Waals surface area contributed by atoms with Crippen molar-refractivity contribution in [1.29, 1.82) is 5.26 Å². The zero-order valence-electron chi connectivity index (χ0n) is 18.4. The van der Waals surface area contributed by atoms with Crippen LogP contribution in [-0.2, 0) is 38.0 Å². The van der Waals surface area contributed by atoms with Crippen LogP contribution in [0, 0.1) is 24.2 Å². The van der Waals surface area contributed by atoms with Crippen LogP contribution in [0.3, 0.4) is 0 Å². The summed E-state index contributed by atoms with van der Waals surface area (Å²) in [6, 6.07) is 1.89. The zero-order chi connectivity index (χ0) is 24.0. The monoisotopic (exact) mass is 483 g/mol. The third-order valence-electron chi connectivity index (χ3n) is 5.53. The lowest BCUT2D eigenvalue weighted by Crippen LogP contribution is -2.50. The molecule has 2 saturated heterocycles. The maximum absolute atomic E-state index is 16.3. The summed E-state index contributed by atoms with van der Waals surface area (Å²) in [4.78, 5) is 19.9. The molecule has 2 aromatic heterocycles. The highest BCUT2D eigenvalue weighted by molar-refractivity contribution is 7.48. The standard InChI is InChI=1S/C19H23FN5O7P/c1-11(2)5-15(26)28-10-30-33(27)29-7-13-16(32-33)18(4,20)19(8-21,31-13)14-6-22-17-12(3)23-9-24-25(14)17/h6,9,11,13,16H,5,7,10H2,1-4H3/t13-,16-,18-,19+,33?/m1/s1. The molecule has 2 aliphatic heterocycles. The fraction of sp³-hybridized carbons (Fsp3) is 0.632. The van der Waals surface area contributed by atoms with Crippen LogP contribution in [0.15, 0.2) is 12.5 Å². The molecule has 2 fully saturated rings. The Hall–Kier alpha value is -2.49. The van der Waals surface area contributed by atoms with Crippen molar-refractivity contribution in [3.8, 4) is 6.07 Å². The van der Waals surface area contributed by atoms with Crippen molar-refractivity contribution >= 4 is 19.4 Å². The van der Waals surface area contributed by atoms with Gasteiger partial charge < -0.3 is 9.47 Å². The molecule has 0 aromatic carbocycles. The molecular formula is C19H23FN5O7P. The first-order chi connectivity index (χ1) is 15.5. The number of carbonyl (C=O) groups excluding carboxylic acids is 1. The number of aromatic nitrogens is 4. The Balaban J connectivity index is 1.58. The second-order valence-corrected chi connectivity index (χ2v) is 10.0. The number of imidazole rings is 1. The molecule has 5 atom stereocenters. The molecule has 0 saturated carbocycles. The van der Waals surface area contributed by atoms with Crippen LogP contribution >= 0.6 is 7.82 Å². The van der Waals surface area contributed by atoms with Gasteiger partial charge >= 0.3 is 13.8 Å². The van der Waals surface area contributed by atoms with E-state index in [1.165, 1.54) is 17.0 Å². The third kappa shape index (κ3) is 3.92. The van der Waals surface area contributed by atoms with Gasteiger partial charge in [0.15, 0.2) is 11.3 Å². The molecule has 12 nitrogen and oxygen atoms in total. The van der Waals surface area contributed by atoms with Crippen molar-refractivity contribution in [2.45, 2.75) is 57.6 Å². The number of fused-ring (bicyclic) bond motifs is 2. The van der Waals surface area contributed by atoms with Crippen LogP contribution in [0.25, 0.3) is 5.65 Å². The number of hydrogen-bond donors (Lipinski definition) is 0. The smallest absolute Gasteiger partial charge is 0.438 e. The van der Waals surface area contributed by atoms with E-state index in [2.05, 4.69) is 15.1 Å². The number of halogens is 1. The molecule has 0 bridgehead atoms. The Morgan fingerprint density at radius 3 is 2.94 bits per heavy atom. The maximum Gasteiger partial charge on any atom is 0.478 e. The third-order valence-corrected chi connectivity index (χ3v) is 6.90. The van der Waals surface area contributed by atoms with E-state index in [4.69, 9.17) is 23.0 Å². The lowest BCUT2D eigenvalue weighted by molar-refractivity contribution is -0.153. The average molecular weight is 483 g/mol. The first kappa shape index (κ1) is 23.7. The summed E-state index contributed by atoms with van der Waals surface area (Å²) in [5, 5.41) is 14.1. The summed E-state index contributed by atoms with van der Waals surface area (Å²) in [6.45, 7) is 5.38. The highest BCUT2D eigenvalue weighted by Crippen LogP contribution is 2.61. The minimum atomic E-state index is -4.31. The predicted octanol–water partition coefficient (Wildman–Crippen LogP) is 2.37. The van der Waals surface area contributed by atoms with Gasteiger partial charge in [0, 0.05) is 6.42 Å². The van der Waals surface area contributed by atoms with Crippen LogP contribution < -0.4 is 0 Å². The van der Waals surface area contributed by atoms with Gasteiger partial charge in [-0.25, -0.2) is 28.0 Å². The molecule has 0 N–H and O–H groups in total. The molecule has 0 radical (unpaired) electrons. The Morgan fingerprint density at radius 2 is 2.24 bits per heavy atom. The van der Waals surface area contributed by atoms with Gasteiger partial charge in [0.2, 0.25) is 12.4 Å². The van der Waals surface area contributed by atoms with Crippen molar-refractivity contribution in [3.63, 3.8) is 0 Å². The number of nitriles is 1. The quantitative estimate of drug-likeness (QED) is 0.339. The van der Waals surface area contributed by atoms with Crippen LogP contribution in [-0.4, -0.2) is 56.8 Å². The fourth-order valence-electron chi connectivity index (χ4n) is 3.87. The lowest BCUT2D eigenvalue weighted by Gasteiger charge is -2.34. The normalized spacial score (nSPS) is 33.7. The largest absolute Gasteiger partial charge is 0.478 e. The average Bonchev–Trinajstić information content (AvgIpc) is 3.26. The van der Waals surface area contributed by atoms with Gasteiger partial charge in [0.05, 0.1) is 18.5 Å². The number of phosphoric ester groups is 1. The van der Waals surface area contributed by atoms with E-state index in [9.17, 15) is 14.6 Å². The number of aryl methyl sites for hydroxylation is 1. The molecular weight excluding hydrogens is 460 g/mol. The molecule has 14 heteroatoms. The molecule has 4 heterocycles. The molecule has 178 valence electrons. The fourth-order valence-corrected chi connectivity index (χ4v) is 5.19. The van der Waals surface area contributed by atoms with Crippen LogP contribution in [0.1, 0.15) is 38.6 Å². The first-order valence-electron chi connectivity index (χ1n) is 10.2. The molecule has 4 rings (SSSR count). The van der Waals surface area contributed by atoms with E-state index in [1.54, 1.807) is 6.92 Å². The second kappa shape index (κ2) is 8.38. The highest BCUT2D eigenvalue weighted by Gasteiger charge is 2.71. The Bertz CT molecular complexity index is 1170. The van der Waals surface area contributed by atoms with E-state index in [0.717, 1.165) is 6.92 Å². The van der Waals surface area contributed by atoms with Gasteiger partial charge in [-0.1, -0.05) is 13.8 Å². The minimum absolute atomic E-state index is 0.0202. The molecule has 0 spiro atoms. The predicted molar refractivity (Wildman–Crippen MR) is 107 cm³/mol. The molecule has 0 aliphatic carbocycles. The van der Waals surface area contributed by atoms with Gasteiger partial charge in [0.1, 0.15) is 30.3 Å². The summed E-state index contributed by atoms with van der Waals surface area (Å²) in [5.74, 6) is -0.494. The van der Waals surface area contributed by atoms with Crippen molar-refractivity contribution in [3.05, 3.63) is 23.9 Å². The number of ether oxygens (including phenoxy) is 2. The minimum Gasteiger partial charge on any atom is -0.438 e. The van der Waals surface area contributed by atoms with E-state index in [1.807, 2.05) is 19.9 Å². The van der Waals surface area contributed by atoms with E-state index >= 15 is 4.39 Å². The number of nitrogens with zero attached hydrogens (tertiary/aromatic N) is 5. The Kier molecular flexibility index (Phi) is 6.01. The number of alkyl halides is 1. The summed E-state index contributed by atoms with van der Waals surface area (Å²) in [6.07, 6.45) is 0.0986. The van der Waals surface area contributed by atoms with Crippen molar-refractivity contribution in [2.24, 2.45) is 5.92 Å². The van der Waals surface area contributed by atoms with Crippen molar-refractivity contribution < 1.29 is 36.8 Å². The van der Waals surface area contributed by atoms with Crippen molar-refractivity contribution in [2.75, 3.05) is 13.4 Å². The second-order valence-electron chi connectivity index (χ2n) is 8.38. The number of esters is 1. The molecule has 1 unspecified atom stereocenters. The van der Waals surface area contributed by atoms with Gasteiger partial charge in [-0.15, -0.1) is 0 Å². The topological polar surface area (TPSA) is 147 Å².